The maximum absolute atomic E-state index is 12.7. The van der Waals surface area contributed by atoms with E-state index in [0.29, 0.717) is 32.6 Å². The molecule has 2 atom stereocenters. The highest BCUT2D eigenvalue weighted by Gasteiger charge is 2.44. The Morgan fingerprint density at radius 3 is 2.61 bits per heavy atom. The number of rotatable bonds is 2. The molecule has 2 saturated heterocycles. The molecule has 0 aliphatic carbocycles. The van der Waals surface area contributed by atoms with Crippen molar-refractivity contribution in [2.24, 2.45) is 0 Å². The summed E-state index contributed by atoms with van der Waals surface area (Å²) in [6.07, 6.45) is 1.63. The third-order valence-corrected chi connectivity index (χ3v) is 5.33. The SMILES string of the molecule is C[C@H]1O[C@@]2(CCCN(C(=O)OC(C)(C)C)CC2)CN(Cc2ccccc2)C1=O. The van der Waals surface area contributed by atoms with Gasteiger partial charge in [0.05, 0.1) is 12.1 Å². The van der Waals surface area contributed by atoms with Gasteiger partial charge >= 0.3 is 6.09 Å². The van der Waals surface area contributed by atoms with Gasteiger partial charge in [0.2, 0.25) is 0 Å². The zero-order chi connectivity index (χ0) is 20.4. The number of ether oxygens (including phenoxy) is 2. The van der Waals surface area contributed by atoms with Gasteiger partial charge in [-0.1, -0.05) is 30.3 Å². The first-order valence-electron chi connectivity index (χ1n) is 10.2. The molecule has 154 valence electrons. The molecule has 1 aromatic carbocycles. The van der Waals surface area contributed by atoms with Crippen LogP contribution in [0.2, 0.25) is 0 Å². The van der Waals surface area contributed by atoms with Crippen LogP contribution in [0.1, 0.15) is 52.5 Å². The van der Waals surface area contributed by atoms with E-state index in [2.05, 4.69) is 0 Å². The standard InChI is InChI=1S/C22H32N2O4/c1-17-19(25)24(15-18-9-6-5-7-10-18)16-22(27-17)11-8-13-23(14-12-22)20(26)28-21(2,3)4/h5-7,9-10,17H,8,11-16H2,1-4H3/t17-,22-/m1/s1. The van der Waals surface area contributed by atoms with Crippen molar-refractivity contribution in [1.82, 2.24) is 9.80 Å². The van der Waals surface area contributed by atoms with Crippen molar-refractivity contribution in [2.75, 3.05) is 19.6 Å². The Morgan fingerprint density at radius 1 is 1.21 bits per heavy atom. The van der Waals surface area contributed by atoms with Crippen molar-refractivity contribution in [3.8, 4) is 0 Å². The number of likely N-dealkylation sites (tertiary alicyclic amines) is 1. The Labute approximate surface area is 167 Å². The second kappa shape index (κ2) is 8.11. The van der Waals surface area contributed by atoms with E-state index in [1.54, 1.807) is 4.90 Å². The molecule has 0 unspecified atom stereocenters. The van der Waals surface area contributed by atoms with Crippen LogP contribution in [0.4, 0.5) is 4.79 Å². The minimum Gasteiger partial charge on any atom is -0.444 e. The van der Waals surface area contributed by atoms with Crippen molar-refractivity contribution in [1.29, 1.82) is 0 Å². The van der Waals surface area contributed by atoms with Gasteiger partial charge in [-0.3, -0.25) is 4.79 Å². The third kappa shape index (κ3) is 5.04. The Bertz CT molecular complexity index is 700. The van der Waals surface area contributed by atoms with Crippen molar-refractivity contribution in [2.45, 2.75) is 70.8 Å². The quantitative estimate of drug-likeness (QED) is 0.777. The molecule has 6 nitrogen and oxygen atoms in total. The monoisotopic (exact) mass is 388 g/mol. The average Bonchev–Trinajstić information content (AvgIpc) is 2.81. The highest BCUT2D eigenvalue weighted by atomic mass is 16.6. The van der Waals surface area contributed by atoms with E-state index >= 15 is 0 Å². The number of hydrogen-bond donors (Lipinski definition) is 0. The van der Waals surface area contributed by atoms with Gasteiger partial charge in [-0.25, -0.2) is 4.79 Å². The summed E-state index contributed by atoms with van der Waals surface area (Å²) in [5, 5.41) is 0. The molecular formula is C22H32N2O4. The molecule has 3 rings (SSSR count). The molecule has 2 amide bonds. The molecule has 1 spiro atoms. The number of amides is 2. The Hall–Kier alpha value is -2.08. The predicted molar refractivity (Wildman–Crippen MR) is 107 cm³/mol. The highest BCUT2D eigenvalue weighted by Crippen LogP contribution is 2.34. The summed E-state index contributed by atoms with van der Waals surface area (Å²) < 4.78 is 11.8. The van der Waals surface area contributed by atoms with Gasteiger partial charge in [0.15, 0.2) is 0 Å². The van der Waals surface area contributed by atoms with Crippen LogP contribution >= 0.6 is 0 Å². The first-order chi connectivity index (χ1) is 13.2. The number of morpholine rings is 1. The molecule has 0 N–H and O–H groups in total. The Morgan fingerprint density at radius 2 is 1.93 bits per heavy atom. The number of carbonyl (C=O) groups is 2. The lowest BCUT2D eigenvalue weighted by Crippen LogP contribution is -2.57. The van der Waals surface area contributed by atoms with Crippen molar-refractivity contribution >= 4 is 12.0 Å². The molecular weight excluding hydrogens is 356 g/mol. The molecule has 6 heteroatoms. The average molecular weight is 389 g/mol. The molecule has 1 aromatic rings. The largest absolute Gasteiger partial charge is 0.444 e. The van der Waals surface area contributed by atoms with Crippen LogP contribution in [-0.2, 0) is 20.8 Å². The lowest BCUT2D eigenvalue weighted by Gasteiger charge is -2.45. The summed E-state index contributed by atoms with van der Waals surface area (Å²) in [5.41, 5.74) is 0.207. The van der Waals surface area contributed by atoms with Crippen LogP contribution in [0.3, 0.4) is 0 Å². The molecule has 0 bridgehead atoms. The fourth-order valence-electron chi connectivity index (χ4n) is 4.04. The molecule has 2 aliphatic rings. The lowest BCUT2D eigenvalue weighted by molar-refractivity contribution is -0.184. The topological polar surface area (TPSA) is 59.1 Å². The van der Waals surface area contributed by atoms with Crippen LogP contribution in [0.5, 0.6) is 0 Å². The molecule has 0 saturated carbocycles. The maximum atomic E-state index is 12.7. The second-order valence-corrected chi connectivity index (χ2v) is 8.94. The summed E-state index contributed by atoms with van der Waals surface area (Å²) in [6, 6.07) is 10.0. The number of benzene rings is 1. The molecule has 28 heavy (non-hydrogen) atoms. The minimum atomic E-state index is -0.504. The summed E-state index contributed by atoms with van der Waals surface area (Å²) in [5.74, 6) is 0.0303. The zero-order valence-electron chi connectivity index (χ0n) is 17.4. The zero-order valence-corrected chi connectivity index (χ0v) is 17.4. The molecule has 0 radical (unpaired) electrons. The van der Waals surface area contributed by atoms with Gasteiger partial charge in [0.25, 0.3) is 5.91 Å². The summed E-state index contributed by atoms with van der Waals surface area (Å²) in [7, 11) is 0. The lowest BCUT2D eigenvalue weighted by atomic mass is 9.91. The smallest absolute Gasteiger partial charge is 0.410 e. The first kappa shape index (κ1) is 20.6. The first-order valence-corrected chi connectivity index (χ1v) is 10.2. The normalized spacial score (nSPS) is 26.3. The van der Waals surface area contributed by atoms with Gasteiger partial charge in [-0.05, 0) is 52.5 Å². The van der Waals surface area contributed by atoms with Crippen molar-refractivity contribution < 1.29 is 19.1 Å². The molecule has 0 aromatic heterocycles. The van der Waals surface area contributed by atoms with E-state index < -0.39 is 17.3 Å². The van der Waals surface area contributed by atoms with Crippen LogP contribution < -0.4 is 0 Å². The van der Waals surface area contributed by atoms with Gasteiger partial charge < -0.3 is 19.3 Å². The van der Waals surface area contributed by atoms with Gasteiger partial charge in [-0.15, -0.1) is 0 Å². The third-order valence-electron chi connectivity index (χ3n) is 5.33. The summed E-state index contributed by atoms with van der Waals surface area (Å²) in [6.45, 7) is 9.85. The fourth-order valence-corrected chi connectivity index (χ4v) is 4.04. The summed E-state index contributed by atoms with van der Waals surface area (Å²) in [4.78, 5) is 28.8. The van der Waals surface area contributed by atoms with Crippen LogP contribution in [0.15, 0.2) is 30.3 Å². The molecule has 2 fully saturated rings. The Kier molecular flexibility index (Phi) is 5.98. The Balaban J connectivity index is 1.69. The fraction of sp³-hybridized carbons (Fsp3) is 0.636. The van der Waals surface area contributed by atoms with E-state index in [1.165, 1.54) is 0 Å². The maximum Gasteiger partial charge on any atom is 0.410 e. The minimum absolute atomic E-state index is 0.0303. The van der Waals surface area contributed by atoms with Crippen molar-refractivity contribution in [3.05, 3.63) is 35.9 Å². The highest BCUT2D eigenvalue weighted by molar-refractivity contribution is 5.81. The van der Waals surface area contributed by atoms with E-state index in [-0.39, 0.29) is 12.0 Å². The molecule has 2 aliphatic heterocycles. The predicted octanol–water partition coefficient (Wildman–Crippen LogP) is 3.59. The van der Waals surface area contributed by atoms with Gasteiger partial charge in [-0.2, -0.15) is 0 Å². The van der Waals surface area contributed by atoms with Crippen molar-refractivity contribution in [3.63, 3.8) is 0 Å². The van der Waals surface area contributed by atoms with Crippen LogP contribution in [0, 0.1) is 0 Å². The van der Waals surface area contributed by atoms with E-state index in [9.17, 15) is 9.59 Å². The van der Waals surface area contributed by atoms with E-state index in [4.69, 9.17) is 9.47 Å². The van der Waals surface area contributed by atoms with Crippen LogP contribution in [-0.4, -0.2) is 58.7 Å². The summed E-state index contributed by atoms with van der Waals surface area (Å²) >= 11 is 0. The van der Waals surface area contributed by atoms with Crippen LogP contribution in [0.25, 0.3) is 0 Å². The second-order valence-electron chi connectivity index (χ2n) is 8.94. The van der Waals surface area contributed by atoms with E-state index in [1.807, 2.05) is 62.9 Å². The molecule has 2 heterocycles. The number of nitrogens with zero attached hydrogens (tertiary/aromatic N) is 2. The van der Waals surface area contributed by atoms with E-state index in [0.717, 1.165) is 18.4 Å². The van der Waals surface area contributed by atoms with Gasteiger partial charge in [0.1, 0.15) is 11.7 Å². The number of hydrogen-bond acceptors (Lipinski definition) is 4. The van der Waals surface area contributed by atoms with Gasteiger partial charge in [0, 0.05) is 19.6 Å². The number of carbonyl (C=O) groups excluding carboxylic acids is 2.